The smallest absolute Gasteiger partial charge is 0.186 e. The van der Waals surface area contributed by atoms with Crippen molar-refractivity contribution in [2.24, 2.45) is 0 Å². The average molecular weight is 472 g/mol. The van der Waals surface area contributed by atoms with Crippen LogP contribution in [0.2, 0.25) is 0 Å². The van der Waals surface area contributed by atoms with E-state index in [0.29, 0.717) is 28.4 Å². The van der Waals surface area contributed by atoms with Gasteiger partial charge in [-0.3, -0.25) is 4.79 Å². The van der Waals surface area contributed by atoms with Crippen molar-refractivity contribution in [3.05, 3.63) is 76.0 Å². The summed E-state index contributed by atoms with van der Waals surface area (Å²) in [4.78, 5) is 13.2. The zero-order valence-corrected chi connectivity index (χ0v) is 20.3. The third-order valence-corrected chi connectivity index (χ3v) is 6.94. The highest BCUT2D eigenvalue weighted by Gasteiger charge is 2.33. The van der Waals surface area contributed by atoms with Gasteiger partial charge in [0.15, 0.2) is 17.3 Å². The lowest BCUT2D eigenvalue weighted by molar-refractivity contribution is 0.104. The summed E-state index contributed by atoms with van der Waals surface area (Å²) in [5, 5.41) is 16.0. The first-order chi connectivity index (χ1) is 16.2. The summed E-state index contributed by atoms with van der Waals surface area (Å²) >= 11 is 1.47. The van der Waals surface area contributed by atoms with Crippen LogP contribution in [0.4, 0.5) is 5.69 Å². The number of rotatable bonds is 4. The summed E-state index contributed by atoms with van der Waals surface area (Å²) in [6, 6.07) is 9.18. The lowest BCUT2D eigenvalue weighted by Crippen LogP contribution is -2.32. The molecule has 2 N–H and O–H groups in total. The van der Waals surface area contributed by atoms with Crippen LogP contribution in [0.25, 0.3) is 28.5 Å². The molecular formula is C28H25NO4S. The summed E-state index contributed by atoms with van der Waals surface area (Å²) in [5.74, 6) is 1.48. The maximum absolute atomic E-state index is 12.4. The molecule has 0 atom stereocenters. The number of carbonyl (C=O) groups is 1. The Labute approximate surface area is 202 Å². The van der Waals surface area contributed by atoms with Crippen molar-refractivity contribution in [3.8, 4) is 28.4 Å². The monoisotopic (exact) mass is 471 g/mol. The Balaban J connectivity index is 1.83. The molecule has 0 saturated carbocycles. The second-order valence-corrected chi connectivity index (χ2v) is 9.90. The number of allylic oxidation sites excluding steroid dienone is 2. The quantitative estimate of drug-likeness (QED) is 0.317. The largest absolute Gasteiger partial charge is 0.504 e. The van der Waals surface area contributed by atoms with Gasteiger partial charge in [-0.1, -0.05) is 18.7 Å². The van der Waals surface area contributed by atoms with Crippen LogP contribution in [-0.2, 0) is 0 Å². The molecule has 0 bridgehead atoms. The molecule has 2 aliphatic heterocycles. The number of nitrogens with one attached hydrogen (secondary N) is 1. The van der Waals surface area contributed by atoms with E-state index < -0.39 is 0 Å². The SMILES string of the molecule is C=CC(=O)c1ccsc1/C=C1\Oc2ccc(O)c(OC)c2-c2ccc3c(c21)C(C)=CC(C)(C)N3. The fourth-order valence-corrected chi connectivity index (χ4v) is 5.64. The number of ketones is 1. The third kappa shape index (κ3) is 3.42. The Morgan fingerprint density at radius 3 is 2.71 bits per heavy atom. The minimum Gasteiger partial charge on any atom is -0.504 e. The van der Waals surface area contributed by atoms with Crippen molar-refractivity contribution in [2.75, 3.05) is 12.4 Å². The predicted molar refractivity (Wildman–Crippen MR) is 139 cm³/mol. The molecule has 2 aliphatic rings. The van der Waals surface area contributed by atoms with Crippen molar-refractivity contribution in [1.82, 2.24) is 0 Å². The number of anilines is 1. The zero-order valence-electron chi connectivity index (χ0n) is 19.5. The lowest BCUT2D eigenvalue weighted by atomic mass is 9.83. The van der Waals surface area contributed by atoms with E-state index in [4.69, 9.17) is 9.47 Å². The number of fused-ring (bicyclic) bond motifs is 5. The summed E-state index contributed by atoms with van der Waals surface area (Å²) < 4.78 is 12.0. The van der Waals surface area contributed by atoms with Crippen molar-refractivity contribution >= 4 is 40.2 Å². The van der Waals surface area contributed by atoms with Gasteiger partial charge >= 0.3 is 0 Å². The topological polar surface area (TPSA) is 67.8 Å². The van der Waals surface area contributed by atoms with Gasteiger partial charge in [-0.05, 0) is 68.1 Å². The number of hydrogen-bond acceptors (Lipinski definition) is 6. The fourth-order valence-electron chi connectivity index (χ4n) is 4.81. The normalized spacial score (nSPS) is 16.4. The van der Waals surface area contributed by atoms with Gasteiger partial charge in [0, 0.05) is 32.8 Å². The molecule has 6 heteroatoms. The second-order valence-electron chi connectivity index (χ2n) is 8.95. The van der Waals surface area contributed by atoms with Crippen LogP contribution in [0.15, 0.2) is 54.4 Å². The van der Waals surface area contributed by atoms with Crippen LogP contribution in [0, 0.1) is 0 Å². The molecule has 34 heavy (non-hydrogen) atoms. The minimum atomic E-state index is -0.199. The first-order valence-corrected chi connectivity index (χ1v) is 11.8. The predicted octanol–water partition coefficient (Wildman–Crippen LogP) is 7.00. The molecule has 1 aromatic heterocycles. The number of ether oxygens (including phenoxy) is 2. The van der Waals surface area contributed by atoms with E-state index >= 15 is 0 Å². The molecule has 2 aromatic carbocycles. The Morgan fingerprint density at radius 2 is 1.97 bits per heavy atom. The van der Waals surface area contributed by atoms with Crippen LogP contribution in [-0.4, -0.2) is 23.5 Å². The summed E-state index contributed by atoms with van der Waals surface area (Å²) in [5.41, 5.74) is 5.99. The number of methoxy groups -OCH3 is 1. The molecule has 0 aliphatic carbocycles. The minimum absolute atomic E-state index is 0.0459. The zero-order chi connectivity index (χ0) is 24.2. The number of benzene rings is 2. The molecule has 5 rings (SSSR count). The maximum atomic E-state index is 12.4. The van der Waals surface area contributed by atoms with Gasteiger partial charge < -0.3 is 19.9 Å². The molecule has 0 spiro atoms. The molecule has 0 amide bonds. The number of thiophene rings is 1. The van der Waals surface area contributed by atoms with Crippen LogP contribution >= 0.6 is 11.3 Å². The van der Waals surface area contributed by atoms with Crippen LogP contribution in [0.1, 0.15) is 47.1 Å². The average Bonchev–Trinajstić information content (AvgIpc) is 3.25. The van der Waals surface area contributed by atoms with Gasteiger partial charge in [-0.15, -0.1) is 11.3 Å². The number of hydrogen-bond donors (Lipinski definition) is 2. The van der Waals surface area contributed by atoms with E-state index in [2.05, 4.69) is 44.8 Å². The van der Waals surface area contributed by atoms with Crippen LogP contribution in [0.3, 0.4) is 0 Å². The Hall–Kier alpha value is -3.77. The van der Waals surface area contributed by atoms with E-state index in [1.165, 1.54) is 24.5 Å². The first-order valence-electron chi connectivity index (χ1n) is 10.9. The number of aromatic hydroxyl groups is 1. The van der Waals surface area contributed by atoms with Crippen molar-refractivity contribution < 1.29 is 19.4 Å². The van der Waals surface area contributed by atoms with Crippen molar-refractivity contribution in [3.63, 3.8) is 0 Å². The Morgan fingerprint density at radius 1 is 1.18 bits per heavy atom. The molecular weight excluding hydrogens is 446 g/mol. The number of carbonyl (C=O) groups excluding carboxylic acids is 1. The van der Waals surface area contributed by atoms with Crippen LogP contribution in [0.5, 0.6) is 17.2 Å². The molecule has 0 radical (unpaired) electrons. The Kier molecular flexibility index (Phi) is 5.14. The highest BCUT2D eigenvalue weighted by atomic mass is 32.1. The van der Waals surface area contributed by atoms with Crippen molar-refractivity contribution in [2.45, 2.75) is 26.3 Å². The Bertz CT molecular complexity index is 1420. The molecule has 0 unspecified atom stereocenters. The van der Waals surface area contributed by atoms with E-state index in [9.17, 15) is 9.90 Å². The van der Waals surface area contributed by atoms with Gasteiger partial charge in [0.2, 0.25) is 0 Å². The standard InChI is InChI=1S/C28H25NO4S/c1-6-19(30)16-11-12-34-23(16)13-22-25-17(26-21(33-22)10-9-20(31)27(26)32-5)7-8-18-24(25)15(2)14-28(3,4)29-18/h6-14,29,31H,1H2,2-5H3/b22-13-. The summed E-state index contributed by atoms with van der Waals surface area (Å²) in [6.45, 7) is 9.97. The summed E-state index contributed by atoms with van der Waals surface area (Å²) in [6.07, 6.45) is 5.43. The van der Waals surface area contributed by atoms with Gasteiger partial charge in [0.05, 0.1) is 18.2 Å². The molecule has 172 valence electrons. The second kappa shape index (κ2) is 7.92. The molecule has 0 fully saturated rings. The van der Waals surface area contributed by atoms with Gasteiger partial charge in [-0.2, -0.15) is 0 Å². The van der Waals surface area contributed by atoms with Gasteiger partial charge in [-0.25, -0.2) is 0 Å². The highest BCUT2D eigenvalue weighted by molar-refractivity contribution is 7.11. The molecule has 3 aromatic rings. The van der Waals surface area contributed by atoms with Gasteiger partial charge in [0.25, 0.3) is 0 Å². The molecule has 5 nitrogen and oxygen atoms in total. The molecule has 3 heterocycles. The summed E-state index contributed by atoms with van der Waals surface area (Å²) in [7, 11) is 1.53. The van der Waals surface area contributed by atoms with E-state index in [1.54, 1.807) is 18.2 Å². The molecule has 0 saturated heterocycles. The van der Waals surface area contributed by atoms with Crippen molar-refractivity contribution in [1.29, 1.82) is 0 Å². The van der Waals surface area contributed by atoms with E-state index in [1.807, 2.05) is 17.5 Å². The first kappa shape index (κ1) is 22.0. The highest BCUT2D eigenvalue weighted by Crippen LogP contribution is 2.54. The van der Waals surface area contributed by atoms with Gasteiger partial charge in [0.1, 0.15) is 11.5 Å². The lowest BCUT2D eigenvalue weighted by Gasteiger charge is -2.35. The third-order valence-electron chi connectivity index (χ3n) is 6.08. The van der Waals surface area contributed by atoms with E-state index in [0.717, 1.165) is 32.8 Å². The fraction of sp³-hybridized carbons (Fsp3) is 0.179. The number of phenolic OH excluding ortho intramolecular Hbond substituents is 1. The maximum Gasteiger partial charge on any atom is 0.186 e. The van der Waals surface area contributed by atoms with E-state index in [-0.39, 0.29) is 17.1 Å². The van der Waals surface area contributed by atoms with Crippen LogP contribution < -0.4 is 14.8 Å². The number of phenols is 1.